The van der Waals surface area contributed by atoms with E-state index in [2.05, 4.69) is 15.0 Å². The average Bonchev–Trinajstić information content (AvgIpc) is 3.38. The highest BCUT2D eigenvalue weighted by Gasteiger charge is 2.27. The molecule has 9 heteroatoms. The van der Waals surface area contributed by atoms with Gasteiger partial charge >= 0.3 is 0 Å². The molecule has 0 spiro atoms. The van der Waals surface area contributed by atoms with Crippen LogP contribution in [0.1, 0.15) is 62.6 Å². The number of aryl methyl sites for hydroxylation is 2. The predicted octanol–water partition coefficient (Wildman–Crippen LogP) is 4.14. The van der Waals surface area contributed by atoms with E-state index < -0.39 is 16.1 Å². The fraction of sp³-hybridized carbons (Fsp3) is 0.565. The third-order valence-electron chi connectivity index (χ3n) is 6.46. The lowest BCUT2D eigenvalue weighted by Crippen LogP contribution is -2.39. The Hall–Kier alpha value is -1.81. The highest BCUT2D eigenvalue weighted by Crippen LogP contribution is 2.35. The highest BCUT2D eigenvalue weighted by atomic mass is 32.2. The number of carbonyl (C=O) groups is 1. The first-order valence-corrected chi connectivity index (χ1v) is 13.6. The lowest BCUT2D eigenvalue weighted by atomic mass is 9.94. The maximum atomic E-state index is 13.1. The minimum absolute atomic E-state index is 0.0221. The van der Waals surface area contributed by atoms with E-state index in [0.717, 1.165) is 61.1 Å². The molecule has 1 aromatic carbocycles. The van der Waals surface area contributed by atoms with Crippen molar-refractivity contribution in [3.8, 4) is 10.4 Å². The van der Waals surface area contributed by atoms with E-state index in [1.54, 1.807) is 19.1 Å². The Morgan fingerprint density at radius 1 is 1.12 bits per heavy atom. The van der Waals surface area contributed by atoms with Gasteiger partial charge in [0.2, 0.25) is 15.9 Å². The van der Waals surface area contributed by atoms with E-state index in [-0.39, 0.29) is 22.8 Å². The monoisotopic (exact) mass is 477 g/mol. The molecular weight excluding hydrogens is 446 g/mol. The smallest absolute Gasteiger partial charge is 0.241 e. The van der Waals surface area contributed by atoms with E-state index in [0.29, 0.717) is 17.1 Å². The molecule has 0 radical (unpaired) electrons. The van der Waals surface area contributed by atoms with Crippen LogP contribution in [-0.4, -0.2) is 36.6 Å². The van der Waals surface area contributed by atoms with E-state index in [9.17, 15) is 18.3 Å². The van der Waals surface area contributed by atoms with E-state index in [1.807, 2.05) is 13.0 Å². The van der Waals surface area contributed by atoms with Gasteiger partial charge in [-0.05, 0) is 69.6 Å². The summed E-state index contributed by atoms with van der Waals surface area (Å²) in [5.41, 5.74) is 2.18. The summed E-state index contributed by atoms with van der Waals surface area (Å²) in [7, 11) is -3.73. The number of aliphatic hydroxyl groups excluding tert-OH is 1. The molecule has 2 aromatic rings. The summed E-state index contributed by atoms with van der Waals surface area (Å²) >= 11 is 1.37. The van der Waals surface area contributed by atoms with Crippen LogP contribution < -0.4 is 10.0 Å². The third-order valence-corrected chi connectivity index (χ3v) is 9.25. The summed E-state index contributed by atoms with van der Waals surface area (Å²) in [5.74, 6) is 0.0806. The Balaban J connectivity index is 1.55. The van der Waals surface area contributed by atoms with Gasteiger partial charge in [-0.15, -0.1) is 0 Å². The first-order valence-electron chi connectivity index (χ1n) is 11.3. The van der Waals surface area contributed by atoms with Crippen LogP contribution in [0.4, 0.5) is 5.13 Å². The number of aliphatic hydroxyl groups is 1. The van der Waals surface area contributed by atoms with Crippen LogP contribution in [0.3, 0.4) is 0 Å². The fourth-order valence-electron chi connectivity index (χ4n) is 4.70. The van der Waals surface area contributed by atoms with Crippen LogP contribution in [0, 0.1) is 19.8 Å². The van der Waals surface area contributed by atoms with Crippen molar-refractivity contribution in [2.45, 2.75) is 82.3 Å². The minimum atomic E-state index is -3.73. The molecular formula is C23H31N3O4S2. The van der Waals surface area contributed by atoms with Gasteiger partial charge in [-0.1, -0.05) is 36.3 Å². The molecule has 1 amide bonds. The molecule has 2 atom stereocenters. The number of anilines is 1. The van der Waals surface area contributed by atoms with Gasteiger partial charge in [-0.3, -0.25) is 4.79 Å². The summed E-state index contributed by atoms with van der Waals surface area (Å²) < 4.78 is 29.0. The average molecular weight is 478 g/mol. The van der Waals surface area contributed by atoms with E-state index in [1.165, 1.54) is 11.3 Å². The first kappa shape index (κ1) is 23.4. The molecule has 2 fully saturated rings. The zero-order chi connectivity index (χ0) is 22.9. The molecule has 1 aromatic heterocycles. The Labute approximate surface area is 193 Å². The fourth-order valence-corrected chi connectivity index (χ4v) is 7.22. The number of hydrogen-bond acceptors (Lipinski definition) is 6. The molecule has 174 valence electrons. The van der Waals surface area contributed by atoms with Gasteiger partial charge < -0.3 is 10.4 Å². The molecule has 2 unspecified atom stereocenters. The molecule has 0 aliphatic heterocycles. The quantitative estimate of drug-likeness (QED) is 0.580. The molecule has 0 bridgehead atoms. The second-order valence-corrected chi connectivity index (χ2v) is 11.7. The molecule has 1 heterocycles. The van der Waals surface area contributed by atoms with Crippen molar-refractivity contribution in [1.29, 1.82) is 0 Å². The number of amides is 1. The Bertz CT molecular complexity index is 1090. The van der Waals surface area contributed by atoms with Crippen molar-refractivity contribution in [1.82, 2.24) is 9.71 Å². The van der Waals surface area contributed by atoms with Gasteiger partial charge in [-0.2, -0.15) is 0 Å². The van der Waals surface area contributed by atoms with Gasteiger partial charge in [-0.25, -0.2) is 18.1 Å². The number of thiazole rings is 1. The summed E-state index contributed by atoms with van der Waals surface area (Å²) in [6.45, 7) is 3.65. The predicted molar refractivity (Wildman–Crippen MR) is 126 cm³/mol. The van der Waals surface area contributed by atoms with Crippen LogP contribution in [0.25, 0.3) is 10.4 Å². The molecule has 7 nitrogen and oxygen atoms in total. The largest absolute Gasteiger partial charge is 0.393 e. The normalized spacial score (nSPS) is 22.2. The third kappa shape index (κ3) is 5.22. The molecule has 2 aliphatic carbocycles. The molecule has 32 heavy (non-hydrogen) atoms. The van der Waals surface area contributed by atoms with Crippen LogP contribution in [0.5, 0.6) is 0 Å². The summed E-state index contributed by atoms with van der Waals surface area (Å²) in [6, 6.07) is 5.12. The molecule has 4 rings (SSSR count). The lowest BCUT2D eigenvalue weighted by Gasteiger charge is -2.26. The lowest BCUT2D eigenvalue weighted by molar-refractivity contribution is -0.119. The zero-order valence-electron chi connectivity index (χ0n) is 18.6. The van der Waals surface area contributed by atoms with Crippen molar-refractivity contribution in [3.63, 3.8) is 0 Å². The number of aromatic nitrogens is 1. The first-order chi connectivity index (χ1) is 15.2. The van der Waals surface area contributed by atoms with Gasteiger partial charge in [0.05, 0.1) is 21.6 Å². The second kappa shape index (κ2) is 9.59. The molecule has 2 aliphatic rings. The van der Waals surface area contributed by atoms with Gasteiger partial charge in [0.1, 0.15) is 0 Å². The summed E-state index contributed by atoms with van der Waals surface area (Å²) in [4.78, 5) is 18.1. The summed E-state index contributed by atoms with van der Waals surface area (Å²) in [6.07, 6.45) is 6.27. The molecule has 3 N–H and O–H groups in total. The van der Waals surface area contributed by atoms with E-state index in [4.69, 9.17) is 0 Å². The van der Waals surface area contributed by atoms with Crippen LogP contribution in [0.2, 0.25) is 0 Å². The van der Waals surface area contributed by atoms with Crippen molar-refractivity contribution < 1.29 is 18.3 Å². The maximum absolute atomic E-state index is 13.1. The maximum Gasteiger partial charge on any atom is 0.241 e. The standard InChI is InChI=1S/C23H31N3O4S2/c1-14-10-11-17(12-20(14)32(29,30)26-18-8-5-9-19(27)13-18)21-15(2)24-23(31-21)25-22(28)16-6-3-4-7-16/h10-12,16,18-19,26-27H,3-9,13H2,1-2H3,(H,24,25,28). The van der Waals surface area contributed by atoms with Gasteiger partial charge in [0, 0.05) is 12.0 Å². The van der Waals surface area contributed by atoms with Crippen molar-refractivity contribution in [3.05, 3.63) is 29.5 Å². The van der Waals surface area contributed by atoms with E-state index >= 15 is 0 Å². The van der Waals surface area contributed by atoms with Crippen LogP contribution in [-0.2, 0) is 14.8 Å². The second-order valence-electron chi connectivity index (χ2n) is 9.02. The summed E-state index contributed by atoms with van der Waals surface area (Å²) in [5, 5.41) is 13.4. The number of carbonyl (C=O) groups excluding carboxylic acids is 1. The zero-order valence-corrected chi connectivity index (χ0v) is 20.2. The van der Waals surface area contributed by atoms with Crippen molar-refractivity contribution in [2.75, 3.05) is 5.32 Å². The van der Waals surface area contributed by atoms with Crippen LogP contribution in [0.15, 0.2) is 23.1 Å². The Kier molecular flexibility index (Phi) is 7.00. The Morgan fingerprint density at radius 3 is 2.59 bits per heavy atom. The van der Waals surface area contributed by atoms with Crippen LogP contribution >= 0.6 is 11.3 Å². The van der Waals surface area contributed by atoms with Gasteiger partial charge in [0.25, 0.3) is 0 Å². The highest BCUT2D eigenvalue weighted by molar-refractivity contribution is 7.89. The number of benzene rings is 1. The minimum Gasteiger partial charge on any atom is -0.393 e. The number of nitrogens with one attached hydrogen (secondary N) is 2. The number of nitrogens with zero attached hydrogens (tertiary/aromatic N) is 1. The SMILES string of the molecule is Cc1ccc(-c2sc(NC(=O)C3CCCC3)nc2C)cc1S(=O)(=O)NC1CCCC(O)C1. The van der Waals surface area contributed by atoms with Crippen molar-refractivity contribution >= 4 is 32.4 Å². The van der Waals surface area contributed by atoms with Crippen molar-refractivity contribution in [2.24, 2.45) is 5.92 Å². The molecule has 2 saturated carbocycles. The molecule has 0 saturated heterocycles. The topological polar surface area (TPSA) is 108 Å². The Morgan fingerprint density at radius 2 is 1.88 bits per heavy atom. The number of hydrogen-bond donors (Lipinski definition) is 3. The number of sulfonamides is 1. The van der Waals surface area contributed by atoms with Gasteiger partial charge in [0.15, 0.2) is 5.13 Å². The number of rotatable bonds is 6.